The van der Waals surface area contributed by atoms with Gasteiger partial charge >= 0.3 is 5.97 Å². The highest BCUT2D eigenvalue weighted by Gasteiger charge is 2.25. The second kappa shape index (κ2) is 8.02. The van der Waals surface area contributed by atoms with Gasteiger partial charge in [-0.1, -0.05) is 6.07 Å². The van der Waals surface area contributed by atoms with Crippen molar-refractivity contribution in [3.05, 3.63) is 69.8 Å². The molecule has 2 aromatic heterocycles. The lowest BCUT2D eigenvalue weighted by Crippen LogP contribution is -2.22. The van der Waals surface area contributed by atoms with Crippen molar-refractivity contribution in [2.75, 3.05) is 6.54 Å². The summed E-state index contributed by atoms with van der Waals surface area (Å²) in [5.74, 6) is 0.0683. The number of aliphatic hydroxyl groups excluding tert-OH is 1. The molecule has 0 bridgehead atoms. The molecule has 1 aromatic carbocycles. The first-order valence-electron chi connectivity index (χ1n) is 9.44. The molecule has 0 fully saturated rings. The number of aromatic nitrogens is 4. The zero-order valence-corrected chi connectivity index (χ0v) is 16.6. The van der Waals surface area contributed by atoms with Crippen LogP contribution in [0.2, 0.25) is 0 Å². The van der Waals surface area contributed by atoms with Crippen LogP contribution >= 0.6 is 0 Å². The van der Waals surface area contributed by atoms with Gasteiger partial charge in [0.1, 0.15) is 12.7 Å². The standard InChI is InChI=1S/C21H20N6O3/c1-12-16(3-4-17-18(12)11-30-20(17)29)19(28)9-23-6-14-7-24-21(25-8-14)27-10-15(5-22)13(2)26-27/h3-4,7-8,10,19,23,28H,6,9,11H2,1-2H3/t19-/m0/s1. The molecule has 0 radical (unpaired) electrons. The van der Waals surface area contributed by atoms with E-state index in [9.17, 15) is 9.90 Å². The van der Waals surface area contributed by atoms with E-state index in [1.54, 1.807) is 37.6 Å². The first-order chi connectivity index (χ1) is 14.5. The van der Waals surface area contributed by atoms with Gasteiger partial charge in [0.15, 0.2) is 0 Å². The van der Waals surface area contributed by atoms with Crippen molar-refractivity contribution >= 4 is 5.97 Å². The van der Waals surface area contributed by atoms with E-state index in [0.29, 0.717) is 35.9 Å². The molecular weight excluding hydrogens is 384 g/mol. The number of carbonyl (C=O) groups excluding carboxylic acids is 1. The lowest BCUT2D eigenvalue weighted by Gasteiger charge is -2.16. The summed E-state index contributed by atoms with van der Waals surface area (Å²) in [6.45, 7) is 4.71. The Morgan fingerprint density at radius 1 is 1.33 bits per heavy atom. The average molecular weight is 404 g/mol. The normalized spacial score (nSPS) is 13.6. The van der Waals surface area contributed by atoms with E-state index in [-0.39, 0.29) is 12.6 Å². The molecule has 0 saturated heterocycles. The lowest BCUT2D eigenvalue weighted by molar-refractivity contribution is 0.0535. The molecule has 9 heteroatoms. The number of aliphatic hydroxyl groups is 1. The van der Waals surface area contributed by atoms with Crippen LogP contribution in [0.15, 0.2) is 30.7 Å². The monoisotopic (exact) mass is 404 g/mol. The maximum absolute atomic E-state index is 11.6. The smallest absolute Gasteiger partial charge is 0.338 e. The summed E-state index contributed by atoms with van der Waals surface area (Å²) in [5, 5.41) is 27.0. The van der Waals surface area contributed by atoms with Gasteiger partial charge in [-0.15, -0.1) is 0 Å². The zero-order valence-electron chi connectivity index (χ0n) is 16.6. The molecule has 4 rings (SSSR count). The number of hydrogen-bond acceptors (Lipinski definition) is 8. The summed E-state index contributed by atoms with van der Waals surface area (Å²) in [6, 6.07) is 5.55. The number of rotatable bonds is 6. The predicted molar refractivity (Wildman–Crippen MR) is 106 cm³/mol. The molecule has 30 heavy (non-hydrogen) atoms. The predicted octanol–water partition coefficient (Wildman–Crippen LogP) is 1.64. The second-order valence-corrected chi connectivity index (χ2v) is 7.10. The quantitative estimate of drug-likeness (QED) is 0.594. The molecule has 2 N–H and O–H groups in total. The molecule has 0 amide bonds. The van der Waals surface area contributed by atoms with Crippen molar-refractivity contribution in [1.82, 2.24) is 25.1 Å². The van der Waals surface area contributed by atoms with E-state index in [1.807, 2.05) is 6.92 Å². The Labute approximate surface area is 173 Å². The Morgan fingerprint density at radius 2 is 2.10 bits per heavy atom. The molecular formula is C21H20N6O3. The first kappa shape index (κ1) is 19.7. The van der Waals surface area contributed by atoms with Gasteiger partial charge in [0.25, 0.3) is 0 Å². The van der Waals surface area contributed by atoms with E-state index in [4.69, 9.17) is 10.00 Å². The third-order valence-corrected chi connectivity index (χ3v) is 5.15. The maximum atomic E-state index is 11.6. The Kier molecular flexibility index (Phi) is 5.27. The van der Waals surface area contributed by atoms with Crippen LogP contribution in [-0.4, -0.2) is 37.4 Å². The Bertz CT molecular complexity index is 1150. The fourth-order valence-electron chi connectivity index (χ4n) is 3.42. The van der Waals surface area contributed by atoms with Crippen LogP contribution in [0.5, 0.6) is 0 Å². The van der Waals surface area contributed by atoms with Crippen molar-refractivity contribution in [2.45, 2.75) is 33.1 Å². The van der Waals surface area contributed by atoms with Crippen LogP contribution in [0.4, 0.5) is 0 Å². The summed E-state index contributed by atoms with van der Waals surface area (Å²) in [6.07, 6.45) is 4.22. The van der Waals surface area contributed by atoms with Crippen LogP contribution in [-0.2, 0) is 17.9 Å². The number of nitriles is 1. The topological polar surface area (TPSA) is 126 Å². The van der Waals surface area contributed by atoms with Crippen LogP contribution in [0.25, 0.3) is 5.95 Å². The van der Waals surface area contributed by atoms with Crippen molar-refractivity contribution in [3.63, 3.8) is 0 Å². The molecule has 0 spiro atoms. The summed E-state index contributed by atoms with van der Waals surface area (Å²) in [4.78, 5) is 20.2. The Morgan fingerprint density at radius 3 is 2.80 bits per heavy atom. The number of benzene rings is 1. The van der Waals surface area contributed by atoms with E-state index in [2.05, 4.69) is 26.5 Å². The number of aryl methyl sites for hydroxylation is 1. The molecule has 3 aromatic rings. The van der Waals surface area contributed by atoms with Crippen molar-refractivity contribution < 1.29 is 14.6 Å². The second-order valence-electron chi connectivity index (χ2n) is 7.10. The number of nitrogens with zero attached hydrogens (tertiary/aromatic N) is 5. The highest BCUT2D eigenvalue weighted by atomic mass is 16.5. The molecule has 3 heterocycles. The summed E-state index contributed by atoms with van der Waals surface area (Å²) >= 11 is 0. The molecule has 0 unspecified atom stereocenters. The minimum Gasteiger partial charge on any atom is -0.457 e. The number of nitrogens with one attached hydrogen (secondary N) is 1. The maximum Gasteiger partial charge on any atom is 0.338 e. The van der Waals surface area contributed by atoms with Crippen LogP contribution in [0.1, 0.15) is 50.0 Å². The minimum absolute atomic E-state index is 0.253. The summed E-state index contributed by atoms with van der Waals surface area (Å²) in [7, 11) is 0. The van der Waals surface area contributed by atoms with Gasteiger partial charge in [-0.3, -0.25) is 0 Å². The molecule has 1 aliphatic heterocycles. The number of esters is 1. The number of carbonyl (C=O) groups is 1. The van der Waals surface area contributed by atoms with Gasteiger partial charge in [0.05, 0.1) is 29.1 Å². The van der Waals surface area contributed by atoms with Gasteiger partial charge in [-0.25, -0.2) is 19.4 Å². The first-order valence-corrected chi connectivity index (χ1v) is 9.44. The summed E-state index contributed by atoms with van der Waals surface area (Å²) in [5.41, 5.74) is 5.02. The third-order valence-electron chi connectivity index (χ3n) is 5.15. The molecule has 9 nitrogen and oxygen atoms in total. The van der Waals surface area contributed by atoms with E-state index >= 15 is 0 Å². The number of ether oxygens (including phenoxy) is 1. The number of cyclic esters (lactones) is 1. The highest BCUT2D eigenvalue weighted by molar-refractivity contribution is 5.93. The van der Waals surface area contributed by atoms with Gasteiger partial charge in [0.2, 0.25) is 5.95 Å². The molecule has 152 valence electrons. The van der Waals surface area contributed by atoms with Crippen LogP contribution < -0.4 is 5.32 Å². The van der Waals surface area contributed by atoms with Crippen molar-refractivity contribution in [2.24, 2.45) is 0 Å². The van der Waals surface area contributed by atoms with E-state index in [0.717, 1.165) is 22.3 Å². The number of hydrogen-bond donors (Lipinski definition) is 2. The SMILES string of the molecule is Cc1nn(-c2ncc(CNC[C@H](O)c3ccc4c(c3C)COC4=O)cn2)cc1C#N. The Balaban J connectivity index is 1.36. The van der Waals surface area contributed by atoms with Crippen molar-refractivity contribution in [3.8, 4) is 12.0 Å². The molecule has 0 saturated carbocycles. The fraction of sp³-hybridized carbons (Fsp3) is 0.286. The zero-order chi connectivity index (χ0) is 21.3. The molecule has 1 aliphatic rings. The van der Waals surface area contributed by atoms with E-state index < -0.39 is 6.10 Å². The van der Waals surface area contributed by atoms with Gasteiger partial charge in [-0.05, 0) is 31.0 Å². The molecule has 1 atom stereocenters. The van der Waals surface area contributed by atoms with Gasteiger partial charge < -0.3 is 15.2 Å². The van der Waals surface area contributed by atoms with Crippen molar-refractivity contribution in [1.29, 1.82) is 5.26 Å². The summed E-state index contributed by atoms with van der Waals surface area (Å²) < 4.78 is 6.53. The average Bonchev–Trinajstić information content (AvgIpc) is 3.31. The van der Waals surface area contributed by atoms with E-state index in [1.165, 1.54) is 4.68 Å². The van der Waals surface area contributed by atoms with Crippen LogP contribution in [0, 0.1) is 25.2 Å². The Hall–Kier alpha value is -3.61. The van der Waals surface area contributed by atoms with Gasteiger partial charge in [0, 0.05) is 36.6 Å². The minimum atomic E-state index is -0.720. The lowest BCUT2D eigenvalue weighted by atomic mass is 9.95. The molecule has 0 aliphatic carbocycles. The van der Waals surface area contributed by atoms with Crippen LogP contribution in [0.3, 0.4) is 0 Å². The number of fused-ring (bicyclic) bond motifs is 1. The fourth-order valence-corrected chi connectivity index (χ4v) is 3.42. The third kappa shape index (κ3) is 3.66. The largest absolute Gasteiger partial charge is 0.457 e. The highest BCUT2D eigenvalue weighted by Crippen LogP contribution is 2.28. The van der Waals surface area contributed by atoms with Gasteiger partial charge in [-0.2, -0.15) is 10.4 Å².